The minimum absolute atomic E-state index is 0.0196. The molecule has 6 nitrogen and oxygen atoms in total. The molecule has 108 valence electrons. The van der Waals surface area contributed by atoms with Crippen molar-refractivity contribution in [1.29, 1.82) is 0 Å². The monoisotopic (exact) mass is 280 g/mol. The highest BCUT2D eigenvalue weighted by Gasteiger charge is 2.21. The largest absolute Gasteiger partial charge is 0.478 e. The smallest absolute Gasteiger partial charge is 0.339 e. The van der Waals surface area contributed by atoms with Crippen molar-refractivity contribution in [2.45, 2.75) is 26.6 Å². The van der Waals surface area contributed by atoms with E-state index in [1.54, 1.807) is 6.92 Å². The zero-order valence-corrected chi connectivity index (χ0v) is 11.3. The summed E-state index contributed by atoms with van der Waals surface area (Å²) >= 11 is 0. The van der Waals surface area contributed by atoms with E-state index in [4.69, 9.17) is 14.6 Å². The van der Waals surface area contributed by atoms with Crippen LogP contribution >= 0.6 is 0 Å². The summed E-state index contributed by atoms with van der Waals surface area (Å²) in [6.45, 7) is 6.54. The van der Waals surface area contributed by atoms with Crippen molar-refractivity contribution in [2.24, 2.45) is 0 Å². The molecule has 1 unspecified atom stereocenters. The van der Waals surface area contributed by atoms with Crippen LogP contribution in [0.5, 0.6) is 11.5 Å². The molecule has 0 radical (unpaired) electrons. The molecule has 0 heterocycles. The molecule has 0 aromatic heterocycles. The molecule has 1 aromatic rings. The van der Waals surface area contributed by atoms with Crippen LogP contribution in [-0.4, -0.2) is 28.4 Å². The maximum Gasteiger partial charge on any atom is 0.339 e. The van der Waals surface area contributed by atoms with Crippen LogP contribution < -0.4 is 9.47 Å². The second kappa shape index (κ2) is 6.72. The van der Waals surface area contributed by atoms with Crippen LogP contribution in [0.4, 0.5) is 0 Å². The standard InChI is InChI=1S/C14H16O6/c1-4-11(15)19-10-7-5-6-9(13(16)17)12(10)20-14(18)8(2)3/h5-7,11,15H,2,4H2,1,3H3,(H,16,17). The molecule has 0 amide bonds. The van der Waals surface area contributed by atoms with Gasteiger partial charge >= 0.3 is 11.9 Å². The first-order valence-electron chi connectivity index (χ1n) is 5.95. The molecule has 1 atom stereocenters. The van der Waals surface area contributed by atoms with E-state index in [-0.39, 0.29) is 22.6 Å². The highest BCUT2D eigenvalue weighted by molar-refractivity contribution is 5.95. The van der Waals surface area contributed by atoms with Crippen LogP contribution in [0.15, 0.2) is 30.4 Å². The predicted molar refractivity (Wildman–Crippen MR) is 70.8 cm³/mol. The number of carbonyl (C=O) groups is 2. The molecular formula is C14H16O6. The number of benzene rings is 1. The summed E-state index contributed by atoms with van der Waals surface area (Å²) in [5, 5.41) is 18.6. The number of aromatic carboxylic acids is 1. The van der Waals surface area contributed by atoms with E-state index in [9.17, 15) is 14.7 Å². The van der Waals surface area contributed by atoms with Crippen molar-refractivity contribution in [3.05, 3.63) is 35.9 Å². The first-order chi connectivity index (χ1) is 9.36. The van der Waals surface area contributed by atoms with Gasteiger partial charge in [-0.3, -0.25) is 0 Å². The summed E-state index contributed by atoms with van der Waals surface area (Å²) in [7, 11) is 0. The SMILES string of the molecule is C=C(C)C(=O)Oc1c(OC(O)CC)cccc1C(=O)O. The van der Waals surface area contributed by atoms with Gasteiger partial charge in [0, 0.05) is 12.0 Å². The van der Waals surface area contributed by atoms with E-state index in [0.717, 1.165) is 0 Å². The van der Waals surface area contributed by atoms with Crippen LogP contribution in [0.1, 0.15) is 30.6 Å². The van der Waals surface area contributed by atoms with Crippen molar-refractivity contribution in [3.8, 4) is 11.5 Å². The molecule has 0 aliphatic rings. The van der Waals surface area contributed by atoms with Crippen LogP contribution in [0, 0.1) is 0 Å². The number of carboxylic acids is 1. The van der Waals surface area contributed by atoms with E-state index in [1.165, 1.54) is 25.1 Å². The molecule has 6 heteroatoms. The third-order valence-corrected chi connectivity index (χ3v) is 2.36. The van der Waals surface area contributed by atoms with E-state index in [2.05, 4.69) is 6.58 Å². The molecule has 0 fully saturated rings. The van der Waals surface area contributed by atoms with Crippen LogP contribution in [0.3, 0.4) is 0 Å². The Hall–Kier alpha value is -2.34. The lowest BCUT2D eigenvalue weighted by molar-refractivity contribution is -0.130. The fraction of sp³-hybridized carbons (Fsp3) is 0.286. The van der Waals surface area contributed by atoms with Gasteiger partial charge < -0.3 is 19.7 Å². The first-order valence-corrected chi connectivity index (χ1v) is 5.95. The Morgan fingerprint density at radius 1 is 1.40 bits per heavy atom. The number of carbonyl (C=O) groups excluding carboxylic acids is 1. The summed E-state index contributed by atoms with van der Waals surface area (Å²) in [6.07, 6.45) is -0.827. The molecule has 0 saturated carbocycles. The lowest BCUT2D eigenvalue weighted by atomic mass is 10.2. The molecule has 0 aliphatic carbocycles. The molecule has 0 spiro atoms. The Morgan fingerprint density at radius 3 is 2.55 bits per heavy atom. The van der Waals surface area contributed by atoms with Crippen molar-refractivity contribution >= 4 is 11.9 Å². The topological polar surface area (TPSA) is 93.1 Å². The van der Waals surface area contributed by atoms with Gasteiger partial charge in [0.25, 0.3) is 0 Å². The molecule has 20 heavy (non-hydrogen) atoms. The minimum Gasteiger partial charge on any atom is -0.478 e. The minimum atomic E-state index is -1.27. The lowest BCUT2D eigenvalue weighted by Gasteiger charge is -2.16. The Bertz CT molecular complexity index is 534. The van der Waals surface area contributed by atoms with E-state index in [0.29, 0.717) is 6.42 Å². The number of esters is 1. The van der Waals surface area contributed by atoms with Crippen LogP contribution in [-0.2, 0) is 4.79 Å². The highest BCUT2D eigenvalue weighted by Crippen LogP contribution is 2.32. The number of ether oxygens (including phenoxy) is 2. The second-order valence-electron chi connectivity index (χ2n) is 4.09. The van der Waals surface area contributed by atoms with Gasteiger partial charge in [0.05, 0.1) is 0 Å². The average Bonchev–Trinajstić information content (AvgIpc) is 2.39. The summed E-state index contributed by atoms with van der Waals surface area (Å²) in [6, 6.07) is 4.11. The summed E-state index contributed by atoms with van der Waals surface area (Å²) in [4.78, 5) is 22.7. The van der Waals surface area contributed by atoms with Crippen LogP contribution in [0.2, 0.25) is 0 Å². The zero-order chi connectivity index (χ0) is 15.3. The van der Waals surface area contributed by atoms with Crippen LogP contribution in [0.25, 0.3) is 0 Å². The van der Waals surface area contributed by atoms with Crippen molar-refractivity contribution in [3.63, 3.8) is 0 Å². The molecule has 0 aliphatic heterocycles. The number of aliphatic hydroxyl groups excluding tert-OH is 1. The summed E-state index contributed by atoms with van der Waals surface area (Å²) in [5.41, 5.74) is -0.118. The van der Waals surface area contributed by atoms with Gasteiger partial charge in [0.15, 0.2) is 17.8 Å². The Balaban J connectivity index is 3.22. The third kappa shape index (κ3) is 3.83. The van der Waals surface area contributed by atoms with Crippen molar-refractivity contribution in [2.75, 3.05) is 0 Å². The molecule has 0 bridgehead atoms. The number of para-hydroxylation sites is 1. The maximum absolute atomic E-state index is 11.6. The van der Waals surface area contributed by atoms with Gasteiger partial charge in [-0.15, -0.1) is 0 Å². The van der Waals surface area contributed by atoms with Crippen molar-refractivity contribution in [1.82, 2.24) is 0 Å². The molecule has 2 N–H and O–H groups in total. The van der Waals surface area contributed by atoms with E-state index >= 15 is 0 Å². The van der Waals surface area contributed by atoms with Gasteiger partial charge in [-0.05, 0) is 19.1 Å². The molecule has 1 rings (SSSR count). The Morgan fingerprint density at radius 2 is 2.05 bits per heavy atom. The van der Waals surface area contributed by atoms with Gasteiger partial charge in [0.1, 0.15) is 5.56 Å². The van der Waals surface area contributed by atoms with Gasteiger partial charge in [-0.1, -0.05) is 19.6 Å². The number of hydrogen-bond donors (Lipinski definition) is 2. The molecule has 0 saturated heterocycles. The Kier molecular flexibility index (Phi) is 5.28. The van der Waals surface area contributed by atoms with Gasteiger partial charge in [0.2, 0.25) is 0 Å². The maximum atomic E-state index is 11.6. The average molecular weight is 280 g/mol. The fourth-order valence-electron chi connectivity index (χ4n) is 1.29. The Labute approximate surface area is 116 Å². The number of hydrogen-bond acceptors (Lipinski definition) is 5. The summed E-state index contributed by atoms with van der Waals surface area (Å²) in [5.74, 6) is -2.31. The quantitative estimate of drug-likeness (QED) is 0.358. The third-order valence-electron chi connectivity index (χ3n) is 2.36. The normalized spacial score (nSPS) is 11.6. The van der Waals surface area contributed by atoms with E-state index < -0.39 is 18.2 Å². The molecular weight excluding hydrogens is 264 g/mol. The van der Waals surface area contributed by atoms with Crippen molar-refractivity contribution < 1.29 is 29.3 Å². The zero-order valence-electron chi connectivity index (χ0n) is 11.3. The first kappa shape index (κ1) is 15.7. The van der Waals surface area contributed by atoms with Gasteiger partial charge in [-0.25, -0.2) is 9.59 Å². The predicted octanol–water partition coefficient (Wildman–Crippen LogP) is 1.97. The number of rotatable bonds is 6. The van der Waals surface area contributed by atoms with Gasteiger partial charge in [-0.2, -0.15) is 0 Å². The highest BCUT2D eigenvalue weighted by atomic mass is 16.6. The van der Waals surface area contributed by atoms with E-state index in [1.807, 2.05) is 0 Å². The lowest BCUT2D eigenvalue weighted by Crippen LogP contribution is -2.17. The summed E-state index contributed by atoms with van der Waals surface area (Å²) < 4.78 is 10.1. The number of carboxylic acid groups (broad SMARTS) is 1. The second-order valence-corrected chi connectivity index (χ2v) is 4.09. The fourth-order valence-corrected chi connectivity index (χ4v) is 1.29. The number of aliphatic hydroxyl groups is 1. The molecule has 1 aromatic carbocycles.